The Kier molecular flexibility index (Phi) is 6.30. The van der Waals surface area contributed by atoms with Gasteiger partial charge in [-0.2, -0.15) is 13.1 Å². The molecule has 3 rings (SSSR count). The first kappa shape index (κ1) is 19.9. The highest BCUT2D eigenvalue weighted by Crippen LogP contribution is 2.18. The lowest BCUT2D eigenvalue weighted by Crippen LogP contribution is -2.72. The second kappa shape index (κ2) is 8.88. The van der Waals surface area contributed by atoms with E-state index in [-0.39, 0.29) is 10.8 Å². The summed E-state index contributed by atoms with van der Waals surface area (Å²) in [7, 11) is -3.70. The smallest absolute Gasteiger partial charge is 0.328 e. The van der Waals surface area contributed by atoms with Crippen molar-refractivity contribution < 1.29 is 22.9 Å². The van der Waals surface area contributed by atoms with Crippen molar-refractivity contribution in [3.63, 3.8) is 0 Å². The van der Waals surface area contributed by atoms with E-state index in [9.17, 15) is 13.2 Å². The van der Waals surface area contributed by atoms with Gasteiger partial charge in [-0.15, -0.1) is 0 Å². The summed E-state index contributed by atoms with van der Waals surface area (Å²) >= 11 is 0. The molecule has 0 spiro atoms. The zero-order chi connectivity index (χ0) is 20.0. The van der Waals surface area contributed by atoms with Crippen molar-refractivity contribution in [1.29, 1.82) is 0 Å². The van der Waals surface area contributed by atoms with Crippen LogP contribution in [0.15, 0.2) is 53.4 Å². The quantitative estimate of drug-likeness (QED) is 0.650. The number of benzene rings is 2. The zero-order valence-electron chi connectivity index (χ0n) is 15.7. The Morgan fingerprint density at radius 1 is 1.18 bits per heavy atom. The Morgan fingerprint density at radius 3 is 2.64 bits per heavy atom. The average molecular weight is 402 g/mol. The highest BCUT2D eigenvalue weighted by Gasteiger charge is 2.24. The predicted octanol–water partition coefficient (Wildman–Crippen LogP) is 1.28. The van der Waals surface area contributed by atoms with E-state index in [0.29, 0.717) is 35.9 Å². The van der Waals surface area contributed by atoms with Gasteiger partial charge in [0.15, 0.2) is 0 Å². The third-order valence-corrected chi connectivity index (χ3v) is 5.58. The van der Waals surface area contributed by atoms with Crippen molar-refractivity contribution in [3.05, 3.63) is 54.1 Å². The molecule has 0 aliphatic carbocycles. The van der Waals surface area contributed by atoms with Gasteiger partial charge in [-0.25, -0.2) is 0 Å². The molecule has 0 saturated carbocycles. The molecule has 2 aromatic carbocycles. The summed E-state index contributed by atoms with van der Waals surface area (Å²) in [5.41, 5.74) is 0.865. The number of anilines is 1. The highest BCUT2D eigenvalue weighted by molar-refractivity contribution is 7.90. The number of carbonyl (C=O) groups is 1. The van der Waals surface area contributed by atoms with Crippen LogP contribution in [-0.4, -0.2) is 33.3 Å². The summed E-state index contributed by atoms with van der Waals surface area (Å²) in [6.07, 6.45) is 2.48. The fraction of sp³-hybridized carbons (Fsp3) is 0.300. The van der Waals surface area contributed by atoms with Crippen LogP contribution in [0.2, 0.25) is 0 Å². The highest BCUT2D eigenvalue weighted by atomic mass is 32.2. The first-order valence-electron chi connectivity index (χ1n) is 9.25. The molecule has 0 bridgehead atoms. The molecule has 3 N–H and O–H groups in total. The standard InChI is InChI=1S/C20H23N3O4S/c1-2-13-27-17-10-8-15(9-11-17)20(24)22-16-5-3-6-18(14-16)28(25,26)23-19-7-4-12-21-19/h3,5-6,8-11,14H,2,4,7,12-13H2,1H3,(H,21,23)(H,22,24)/p+1. The molecule has 0 fully saturated rings. The number of amides is 1. The van der Waals surface area contributed by atoms with Crippen LogP contribution < -0.4 is 19.8 Å². The molecule has 1 aliphatic heterocycles. The van der Waals surface area contributed by atoms with Gasteiger partial charge in [0.25, 0.3) is 11.7 Å². The van der Waals surface area contributed by atoms with Gasteiger partial charge in [-0.3, -0.25) is 9.79 Å². The van der Waals surface area contributed by atoms with Gasteiger partial charge in [0.05, 0.1) is 19.6 Å². The number of nitrogens with one attached hydrogen (secondary N) is 3. The molecule has 0 radical (unpaired) electrons. The topological polar surface area (TPSA) is 98.5 Å². The Morgan fingerprint density at radius 2 is 1.96 bits per heavy atom. The molecule has 7 nitrogen and oxygen atoms in total. The summed E-state index contributed by atoms with van der Waals surface area (Å²) in [5.74, 6) is 0.979. The fourth-order valence-corrected chi connectivity index (χ4v) is 3.92. The molecular formula is C20H24N3O4S+. The molecule has 8 heteroatoms. The lowest BCUT2D eigenvalue weighted by atomic mass is 10.2. The van der Waals surface area contributed by atoms with E-state index < -0.39 is 10.0 Å². The second-order valence-electron chi connectivity index (χ2n) is 6.47. The van der Waals surface area contributed by atoms with Gasteiger partial charge in [-0.05, 0) is 55.3 Å². The van der Waals surface area contributed by atoms with E-state index in [1.807, 2.05) is 6.92 Å². The summed E-state index contributed by atoms with van der Waals surface area (Å²) in [6.45, 7) is 3.40. The third-order valence-electron chi connectivity index (χ3n) is 4.19. The van der Waals surface area contributed by atoms with Crippen LogP contribution >= 0.6 is 0 Å². The molecule has 0 unspecified atom stereocenters. The maximum atomic E-state index is 12.5. The molecule has 1 aliphatic rings. The van der Waals surface area contributed by atoms with Crippen molar-refractivity contribution in [2.45, 2.75) is 31.1 Å². The summed E-state index contributed by atoms with van der Waals surface area (Å²) in [5, 5.41) is 2.73. The first-order chi connectivity index (χ1) is 13.5. The van der Waals surface area contributed by atoms with E-state index in [4.69, 9.17) is 4.74 Å². The molecular weight excluding hydrogens is 378 g/mol. The van der Waals surface area contributed by atoms with Crippen molar-refractivity contribution in [1.82, 2.24) is 4.72 Å². The number of carbonyl (C=O) groups excluding carboxylic acids is 1. The molecule has 1 amide bonds. The predicted molar refractivity (Wildman–Crippen MR) is 107 cm³/mol. The zero-order valence-corrected chi connectivity index (χ0v) is 16.5. The van der Waals surface area contributed by atoms with Crippen LogP contribution in [0, 0.1) is 0 Å². The monoisotopic (exact) mass is 402 g/mol. The first-order valence-corrected chi connectivity index (χ1v) is 10.7. The lowest BCUT2D eigenvalue weighted by Gasteiger charge is -2.08. The normalized spacial score (nSPS) is 13.7. The van der Waals surface area contributed by atoms with Gasteiger partial charge >= 0.3 is 10.0 Å². The maximum Gasteiger partial charge on any atom is 0.328 e. The second-order valence-corrected chi connectivity index (χ2v) is 8.15. The number of ether oxygens (including phenoxy) is 1. The minimum atomic E-state index is -3.70. The van der Waals surface area contributed by atoms with Gasteiger partial charge in [0, 0.05) is 11.3 Å². The molecule has 0 aromatic heterocycles. The molecule has 0 saturated heterocycles. The Bertz CT molecular complexity index is 969. The van der Waals surface area contributed by atoms with Crippen LogP contribution in [0.4, 0.5) is 5.69 Å². The average Bonchev–Trinajstić information content (AvgIpc) is 3.19. The van der Waals surface area contributed by atoms with Crippen LogP contribution in [0.3, 0.4) is 0 Å². The Labute approximate surface area is 164 Å². The van der Waals surface area contributed by atoms with E-state index in [0.717, 1.165) is 19.4 Å². The minimum absolute atomic E-state index is 0.0924. The third kappa shape index (κ3) is 5.10. The van der Waals surface area contributed by atoms with E-state index in [1.54, 1.807) is 36.4 Å². The molecule has 1 heterocycles. The summed E-state index contributed by atoms with van der Waals surface area (Å²) in [4.78, 5) is 15.6. The largest absolute Gasteiger partial charge is 0.494 e. The van der Waals surface area contributed by atoms with E-state index in [2.05, 4.69) is 15.0 Å². The number of sulfonamides is 1. The number of hydrogen-bond donors (Lipinski definition) is 3. The van der Waals surface area contributed by atoms with E-state index >= 15 is 0 Å². The molecule has 148 valence electrons. The van der Waals surface area contributed by atoms with Crippen molar-refractivity contribution >= 4 is 27.5 Å². The summed E-state index contributed by atoms with van der Waals surface area (Å²) in [6, 6.07) is 13.0. The molecule has 0 atom stereocenters. The van der Waals surface area contributed by atoms with Gasteiger partial charge < -0.3 is 10.1 Å². The number of amidine groups is 1. The van der Waals surface area contributed by atoms with E-state index in [1.165, 1.54) is 12.1 Å². The Hall–Kier alpha value is -2.87. The Balaban J connectivity index is 1.69. The van der Waals surface area contributed by atoms with Crippen molar-refractivity contribution in [2.75, 3.05) is 18.5 Å². The van der Waals surface area contributed by atoms with Crippen LogP contribution in [0.5, 0.6) is 5.75 Å². The lowest BCUT2D eigenvalue weighted by molar-refractivity contribution is -0.448. The van der Waals surface area contributed by atoms with Crippen molar-refractivity contribution in [3.8, 4) is 5.75 Å². The molecule has 28 heavy (non-hydrogen) atoms. The van der Waals surface area contributed by atoms with Gasteiger partial charge in [-0.1, -0.05) is 13.0 Å². The minimum Gasteiger partial charge on any atom is -0.494 e. The molecule has 2 aromatic rings. The van der Waals surface area contributed by atoms with Crippen LogP contribution in [-0.2, 0) is 10.0 Å². The fourth-order valence-electron chi connectivity index (χ4n) is 2.77. The summed E-state index contributed by atoms with van der Waals surface area (Å²) < 4.78 is 33.1. The number of rotatable bonds is 7. The van der Waals surface area contributed by atoms with Gasteiger partial charge in [0.2, 0.25) is 0 Å². The SMILES string of the molecule is CCCOc1ccc(C(=O)Nc2cccc(S(=O)(=O)NC3=[NH+]CCC3)c2)cc1. The van der Waals surface area contributed by atoms with Gasteiger partial charge in [0.1, 0.15) is 10.6 Å². The maximum absolute atomic E-state index is 12.5. The number of hydrogen-bond acceptors (Lipinski definition) is 4. The van der Waals surface area contributed by atoms with Crippen molar-refractivity contribution in [2.24, 2.45) is 0 Å². The van der Waals surface area contributed by atoms with Crippen LogP contribution in [0.1, 0.15) is 36.5 Å². The van der Waals surface area contributed by atoms with Crippen LogP contribution in [0.25, 0.3) is 0 Å².